The maximum Gasteiger partial charge on any atom is 0.335 e. The molecule has 8 heteroatoms. The van der Waals surface area contributed by atoms with Crippen molar-refractivity contribution in [1.82, 2.24) is 0 Å². The first kappa shape index (κ1) is 16.6. The number of hydrogen-bond donors (Lipinski definition) is 4. The van der Waals surface area contributed by atoms with Crippen molar-refractivity contribution >= 4 is 21.8 Å². The molecular formula is C13H14N2O5S. The molecule has 0 unspecified atom stereocenters. The average Bonchev–Trinajstić information content (AvgIpc) is 2.48. The molecule has 0 atom stereocenters. The summed E-state index contributed by atoms with van der Waals surface area (Å²) in [5.41, 5.74) is 3.28. The lowest BCUT2D eigenvalue weighted by molar-refractivity contribution is 0.0696. The first-order chi connectivity index (χ1) is 9.84. The smallest absolute Gasteiger partial charge is 0.335 e. The van der Waals surface area contributed by atoms with Crippen LogP contribution in [0.15, 0.2) is 59.5 Å². The second-order valence-electron chi connectivity index (χ2n) is 3.82. The van der Waals surface area contributed by atoms with Crippen molar-refractivity contribution in [2.24, 2.45) is 5.84 Å². The molecule has 2 aromatic rings. The Bertz CT molecular complexity index is 702. The van der Waals surface area contributed by atoms with E-state index in [0.29, 0.717) is 0 Å². The molecule has 0 heterocycles. The van der Waals surface area contributed by atoms with Gasteiger partial charge in [-0.3, -0.25) is 10.4 Å². The monoisotopic (exact) mass is 310 g/mol. The topological polar surface area (TPSA) is 130 Å². The van der Waals surface area contributed by atoms with Crippen LogP contribution < -0.4 is 11.3 Å². The van der Waals surface area contributed by atoms with Crippen molar-refractivity contribution in [3.8, 4) is 0 Å². The van der Waals surface area contributed by atoms with Crippen molar-refractivity contribution in [1.29, 1.82) is 0 Å². The zero-order chi connectivity index (χ0) is 15.9. The Balaban J connectivity index is 0.000000235. The van der Waals surface area contributed by atoms with Gasteiger partial charge in [-0.15, -0.1) is 0 Å². The minimum Gasteiger partial charge on any atom is -0.478 e. The highest BCUT2D eigenvalue weighted by Crippen LogP contribution is 2.10. The number of aromatic carboxylic acids is 1. The molecule has 0 aliphatic rings. The number of para-hydroxylation sites is 1. The zero-order valence-corrected chi connectivity index (χ0v) is 11.6. The molecule has 0 aliphatic heterocycles. The van der Waals surface area contributed by atoms with Crippen LogP contribution in [0.5, 0.6) is 0 Å². The normalized spacial score (nSPS) is 10.2. The second kappa shape index (κ2) is 7.39. The number of carbonyl (C=O) groups is 1. The minimum atomic E-state index is -4.32. The molecule has 0 saturated heterocycles. The number of rotatable bonds is 3. The molecule has 0 radical (unpaired) electrons. The molecule has 2 aromatic carbocycles. The number of hydrogen-bond acceptors (Lipinski definition) is 5. The molecule has 0 aliphatic carbocycles. The number of carboxylic acid groups (broad SMARTS) is 1. The lowest BCUT2D eigenvalue weighted by Crippen LogP contribution is -2.05. The number of anilines is 1. The highest BCUT2D eigenvalue weighted by atomic mass is 32.2. The van der Waals surface area contributed by atoms with E-state index in [1.54, 1.807) is 0 Å². The summed E-state index contributed by atoms with van der Waals surface area (Å²) in [6.45, 7) is 0. The first-order valence-corrected chi connectivity index (χ1v) is 7.11. The van der Waals surface area contributed by atoms with Gasteiger partial charge < -0.3 is 10.5 Å². The number of nitrogen functional groups attached to an aromatic ring is 1. The van der Waals surface area contributed by atoms with Crippen molar-refractivity contribution < 1.29 is 22.9 Å². The average molecular weight is 310 g/mol. The van der Waals surface area contributed by atoms with E-state index in [2.05, 4.69) is 5.43 Å². The molecule has 21 heavy (non-hydrogen) atoms. The third kappa shape index (κ3) is 5.61. The Hall–Kier alpha value is -2.42. The van der Waals surface area contributed by atoms with Crippen LogP contribution in [0.25, 0.3) is 0 Å². The van der Waals surface area contributed by atoms with Crippen molar-refractivity contribution in [2.45, 2.75) is 4.90 Å². The summed E-state index contributed by atoms with van der Waals surface area (Å²) in [5, 5.41) is 8.50. The lowest BCUT2D eigenvalue weighted by Gasteiger charge is -1.97. The van der Waals surface area contributed by atoms with Gasteiger partial charge in [0.15, 0.2) is 0 Å². The van der Waals surface area contributed by atoms with Gasteiger partial charge in [0.1, 0.15) is 0 Å². The van der Waals surface area contributed by atoms with Crippen molar-refractivity contribution in [3.63, 3.8) is 0 Å². The van der Waals surface area contributed by atoms with Crippen LogP contribution in [0.4, 0.5) is 5.69 Å². The number of benzene rings is 2. The van der Waals surface area contributed by atoms with Crippen LogP contribution in [0, 0.1) is 0 Å². The molecule has 0 saturated carbocycles. The van der Waals surface area contributed by atoms with Gasteiger partial charge in [-0.1, -0.05) is 24.3 Å². The minimum absolute atomic E-state index is 0.185. The summed E-state index contributed by atoms with van der Waals surface area (Å²) in [6, 6.07) is 14.1. The predicted molar refractivity (Wildman–Crippen MR) is 77.5 cm³/mol. The van der Waals surface area contributed by atoms with E-state index >= 15 is 0 Å². The van der Waals surface area contributed by atoms with Gasteiger partial charge in [-0.2, -0.15) is 8.42 Å². The Morgan fingerprint density at radius 1 is 1.05 bits per heavy atom. The summed E-state index contributed by atoms with van der Waals surface area (Å²) in [6.07, 6.45) is 0. The van der Waals surface area contributed by atoms with Crippen molar-refractivity contribution in [2.75, 3.05) is 5.43 Å². The Morgan fingerprint density at radius 2 is 1.67 bits per heavy atom. The summed E-state index contributed by atoms with van der Waals surface area (Å²) in [4.78, 5) is 9.98. The van der Waals surface area contributed by atoms with Crippen LogP contribution in [0.2, 0.25) is 0 Å². The van der Waals surface area contributed by atoms with Gasteiger partial charge in [0.05, 0.1) is 10.5 Å². The number of hydrazine groups is 1. The molecular weight excluding hydrogens is 296 g/mol. The summed E-state index contributed by atoms with van der Waals surface area (Å²) in [5.74, 6) is 3.85. The Morgan fingerprint density at radius 3 is 2.10 bits per heavy atom. The van der Waals surface area contributed by atoms with E-state index in [0.717, 1.165) is 17.8 Å². The first-order valence-electron chi connectivity index (χ1n) is 5.67. The van der Waals surface area contributed by atoms with E-state index in [4.69, 9.17) is 15.5 Å². The summed E-state index contributed by atoms with van der Waals surface area (Å²) < 4.78 is 29.7. The number of carboxylic acids is 1. The van der Waals surface area contributed by atoms with Gasteiger partial charge in [-0.05, 0) is 30.3 Å². The molecule has 0 bridgehead atoms. The van der Waals surface area contributed by atoms with E-state index in [9.17, 15) is 13.2 Å². The summed E-state index contributed by atoms with van der Waals surface area (Å²) in [7, 11) is -4.32. The van der Waals surface area contributed by atoms with E-state index < -0.39 is 21.0 Å². The van der Waals surface area contributed by atoms with Crippen LogP contribution in [-0.4, -0.2) is 24.0 Å². The maximum atomic E-state index is 10.6. The molecule has 5 N–H and O–H groups in total. The van der Waals surface area contributed by atoms with Crippen LogP contribution in [0.1, 0.15) is 10.4 Å². The molecule has 0 aromatic heterocycles. The SMILES string of the molecule is NNc1ccccc1.O=C(O)c1cccc(S(=O)(=O)O)c1. The number of nitrogens with two attached hydrogens (primary N) is 1. The third-order valence-electron chi connectivity index (χ3n) is 2.32. The fourth-order valence-corrected chi connectivity index (χ4v) is 1.85. The highest BCUT2D eigenvalue weighted by molar-refractivity contribution is 7.85. The molecule has 0 amide bonds. The quantitative estimate of drug-likeness (QED) is 0.385. The van der Waals surface area contributed by atoms with Crippen LogP contribution in [0.3, 0.4) is 0 Å². The Kier molecular flexibility index (Phi) is 5.85. The standard InChI is InChI=1S/C7H6O5S.C6H8N2/c8-7(9)5-2-1-3-6(4-5)13(10,11)12;7-8-6-4-2-1-3-5-6/h1-4H,(H,8,9)(H,10,11,12);1-5,8H,7H2. The van der Waals surface area contributed by atoms with E-state index in [-0.39, 0.29) is 5.56 Å². The van der Waals surface area contributed by atoms with Gasteiger partial charge in [0.25, 0.3) is 10.1 Å². The van der Waals surface area contributed by atoms with Gasteiger partial charge in [0, 0.05) is 5.69 Å². The van der Waals surface area contributed by atoms with Gasteiger partial charge in [-0.25, -0.2) is 4.79 Å². The second-order valence-corrected chi connectivity index (χ2v) is 5.24. The highest BCUT2D eigenvalue weighted by Gasteiger charge is 2.11. The van der Waals surface area contributed by atoms with Crippen LogP contribution in [-0.2, 0) is 10.1 Å². The maximum absolute atomic E-state index is 10.6. The van der Waals surface area contributed by atoms with Gasteiger partial charge in [0.2, 0.25) is 0 Å². The largest absolute Gasteiger partial charge is 0.478 e. The molecule has 0 spiro atoms. The molecule has 2 rings (SSSR count). The molecule has 112 valence electrons. The third-order valence-corrected chi connectivity index (χ3v) is 3.17. The van der Waals surface area contributed by atoms with Crippen molar-refractivity contribution in [3.05, 3.63) is 60.2 Å². The Labute approximate surface area is 121 Å². The van der Waals surface area contributed by atoms with E-state index in [1.807, 2.05) is 30.3 Å². The van der Waals surface area contributed by atoms with Crippen LogP contribution >= 0.6 is 0 Å². The lowest BCUT2D eigenvalue weighted by atomic mass is 10.2. The van der Waals surface area contributed by atoms with E-state index in [1.165, 1.54) is 12.1 Å². The zero-order valence-electron chi connectivity index (χ0n) is 10.8. The summed E-state index contributed by atoms with van der Waals surface area (Å²) >= 11 is 0. The van der Waals surface area contributed by atoms with Gasteiger partial charge >= 0.3 is 5.97 Å². The predicted octanol–water partition coefficient (Wildman–Crippen LogP) is 1.60. The fraction of sp³-hybridized carbons (Fsp3) is 0. The molecule has 0 fully saturated rings. The number of nitrogens with one attached hydrogen (secondary N) is 1. The molecule has 7 nitrogen and oxygen atoms in total. The fourth-order valence-electron chi connectivity index (χ4n) is 1.32.